The Kier molecular flexibility index (Phi) is 4.40. The molecule has 2 aromatic rings. The highest BCUT2D eigenvalue weighted by Gasteiger charge is 2.19. The zero-order chi connectivity index (χ0) is 17.3. The van der Waals surface area contributed by atoms with Gasteiger partial charge < -0.3 is 10.4 Å². The number of pyridine rings is 1. The number of amides is 1. The Morgan fingerprint density at radius 3 is 2.75 bits per heavy atom. The number of nitrogens with one attached hydrogen (secondary N) is 1. The molecule has 0 aliphatic carbocycles. The normalized spacial score (nSPS) is 13.0. The van der Waals surface area contributed by atoms with Crippen molar-refractivity contribution in [2.45, 2.75) is 18.7 Å². The SMILES string of the molecule is Cc1cc2c(cc1C)SCC(C(=O)Nc1cnccc1C(=O)O)=C2. The van der Waals surface area contributed by atoms with Gasteiger partial charge in [0.05, 0.1) is 17.4 Å². The summed E-state index contributed by atoms with van der Waals surface area (Å²) in [6.07, 6.45) is 4.60. The summed E-state index contributed by atoms with van der Waals surface area (Å²) in [4.78, 5) is 28.7. The monoisotopic (exact) mass is 340 g/mol. The molecule has 1 aromatic heterocycles. The number of rotatable bonds is 3. The first-order chi connectivity index (χ1) is 11.5. The number of fused-ring (bicyclic) bond motifs is 1. The Morgan fingerprint density at radius 1 is 1.25 bits per heavy atom. The van der Waals surface area contributed by atoms with Crippen molar-refractivity contribution in [3.8, 4) is 0 Å². The van der Waals surface area contributed by atoms with Crippen LogP contribution < -0.4 is 5.32 Å². The van der Waals surface area contributed by atoms with Gasteiger partial charge in [-0.2, -0.15) is 0 Å². The smallest absolute Gasteiger partial charge is 0.337 e. The first-order valence-electron chi connectivity index (χ1n) is 7.39. The van der Waals surface area contributed by atoms with E-state index in [1.165, 1.54) is 29.6 Å². The van der Waals surface area contributed by atoms with Crippen molar-refractivity contribution in [1.82, 2.24) is 4.98 Å². The van der Waals surface area contributed by atoms with E-state index in [1.54, 1.807) is 11.8 Å². The highest BCUT2D eigenvalue weighted by Crippen LogP contribution is 2.34. The van der Waals surface area contributed by atoms with Crippen molar-refractivity contribution in [3.05, 3.63) is 58.4 Å². The second kappa shape index (κ2) is 6.49. The number of anilines is 1. The maximum absolute atomic E-state index is 12.5. The molecule has 0 unspecified atom stereocenters. The van der Waals surface area contributed by atoms with Crippen LogP contribution in [0.3, 0.4) is 0 Å². The van der Waals surface area contributed by atoms with Crippen LogP contribution in [-0.4, -0.2) is 27.7 Å². The quantitative estimate of drug-likeness (QED) is 0.893. The number of aromatic nitrogens is 1. The van der Waals surface area contributed by atoms with Crippen molar-refractivity contribution in [2.75, 3.05) is 11.1 Å². The summed E-state index contributed by atoms with van der Waals surface area (Å²) < 4.78 is 0. The first-order valence-corrected chi connectivity index (χ1v) is 8.37. The summed E-state index contributed by atoms with van der Waals surface area (Å²) in [5.74, 6) is -0.859. The average Bonchev–Trinajstić information content (AvgIpc) is 2.55. The zero-order valence-corrected chi connectivity index (χ0v) is 14.1. The summed E-state index contributed by atoms with van der Waals surface area (Å²) in [6.45, 7) is 4.11. The number of carbonyl (C=O) groups is 2. The van der Waals surface area contributed by atoms with E-state index < -0.39 is 5.97 Å². The fraction of sp³-hybridized carbons (Fsp3) is 0.167. The van der Waals surface area contributed by atoms with Gasteiger partial charge in [0.2, 0.25) is 0 Å². The highest BCUT2D eigenvalue weighted by molar-refractivity contribution is 7.99. The van der Waals surface area contributed by atoms with Gasteiger partial charge >= 0.3 is 5.97 Å². The van der Waals surface area contributed by atoms with Gasteiger partial charge in [-0.05, 0) is 48.7 Å². The number of benzene rings is 1. The van der Waals surface area contributed by atoms with Gasteiger partial charge in [-0.25, -0.2) is 4.79 Å². The molecule has 1 aliphatic rings. The fourth-order valence-electron chi connectivity index (χ4n) is 2.45. The van der Waals surface area contributed by atoms with Crippen molar-refractivity contribution < 1.29 is 14.7 Å². The second-order valence-electron chi connectivity index (χ2n) is 5.61. The van der Waals surface area contributed by atoms with Gasteiger partial charge in [0, 0.05) is 22.4 Å². The molecule has 3 rings (SSSR count). The molecule has 122 valence electrons. The third-order valence-corrected chi connectivity index (χ3v) is 5.05. The minimum Gasteiger partial charge on any atom is -0.478 e. The number of aromatic carboxylic acids is 1. The van der Waals surface area contributed by atoms with Crippen molar-refractivity contribution in [3.63, 3.8) is 0 Å². The summed E-state index contributed by atoms with van der Waals surface area (Å²) >= 11 is 1.61. The van der Waals surface area contributed by atoms with Crippen LogP contribution in [0, 0.1) is 13.8 Å². The van der Waals surface area contributed by atoms with Crippen molar-refractivity contribution in [2.24, 2.45) is 0 Å². The Hall–Kier alpha value is -2.60. The highest BCUT2D eigenvalue weighted by atomic mass is 32.2. The Morgan fingerprint density at radius 2 is 2.00 bits per heavy atom. The number of hydrogen-bond donors (Lipinski definition) is 2. The molecule has 6 heteroatoms. The minimum absolute atomic E-state index is 0.0225. The summed E-state index contributed by atoms with van der Waals surface area (Å²) in [5, 5.41) is 11.8. The number of carbonyl (C=O) groups excluding carboxylic acids is 1. The van der Waals surface area contributed by atoms with Gasteiger partial charge in [0.15, 0.2) is 0 Å². The minimum atomic E-state index is -1.10. The molecular formula is C18H16N2O3S. The molecule has 2 N–H and O–H groups in total. The van der Waals surface area contributed by atoms with Crippen LogP contribution in [0.5, 0.6) is 0 Å². The lowest BCUT2D eigenvalue weighted by molar-refractivity contribution is -0.112. The van der Waals surface area contributed by atoms with E-state index in [9.17, 15) is 14.7 Å². The van der Waals surface area contributed by atoms with Crippen LogP contribution in [0.4, 0.5) is 5.69 Å². The number of hydrogen-bond acceptors (Lipinski definition) is 4. The molecule has 2 heterocycles. The molecule has 0 bridgehead atoms. The third-order valence-electron chi connectivity index (χ3n) is 3.93. The molecule has 5 nitrogen and oxygen atoms in total. The summed E-state index contributed by atoms with van der Waals surface area (Å²) in [5.41, 5.74) is 4.25. The number of carboxylic acids is 1. The van der Waals surface area contributed by atoms with Gasteiger partial charge in [0.25, 0.3) is 5.91 Å². The zero-order valence-electron chi connectivity index (χ0n) is 13.3. The summed E-state index contributed by atoms with van der Waals surface area (Å²) in [6, 6.07) is 5.56. The first kappa shape index (κ1) is 16.3. The maximum Gasteiger partial charge on any atom is 0.337 e. The number of thioether (sulfide) groups is 1. The van der Waals surface area contributed by atoms with Crippen molar-refractivity contribution in [1.29, 1.82) is 0 Å². The van der Waals surface area contributed by atoms with Crippen LogP contribution in [0.1, 0.15) is 27.0 Å². The van der Waals surface area contributed by atoms with Crippen LogP contribution in [0.2, 0.25) is 0 Å². The van der Waals surface area contributed by atoms with E-state index in [4.69, 9.17) is 0 Å². The van der Waals surface area contributed by atoms with E-state index in [1.807, 2.05) is 13.0 Å². The van der Waals surface area contributed by atoms with Crippen LogP contribution in [-0.2, 0) is 4.79 Å². The lowest BCUT2D eigenvalue weighted by Crippen LogP contribution is -2.19. The standard InChI is InChI=1S/C18H16N2O3S/c1-10-5-12-7-13(9-24-16(12)6-11(10)2)17(21)20-15-8-19-4-3-14(15)18(22)23/h3-8H,9H2,1-2H3,(H,20,21)(H,22,23). The van der Waals surface area contributed by atoms with Crippen molar-refractivity contribution >= 4 is 35.4 Å². The lowest BCUT2D eigenvalue weighted by Gasteiger charge is -2.18. The molecule has 1 amide bonds. The molecule has 0 fully saturated rings. The van der Waals surface area contributed by atoms with Crippen LogP contribution in [0.25, 0.3) is 6.08 Å². The molecule has 0 atom stereocenters. The van der Waals surface area contributed by atoms with Gasteiger partial charge in [-0.15, -0.1) is 11.8 Å². The van der Waals surface area contributed by atoms with E-state index in [0.717, 1.165) is 10.5 Å². The van der Waals surface area contributed by atoms with Gasteiger partial charge in [-0.3, -0.25) is 9.78 Å². The molecule has 0 spiro atoms. The van der Waals surface area contributed by atoms with Crippen LogP contribution in [0.15, 0.2) is 41.1 Å². The second-order valence-corrected chi connectivity index (χ2v) is 6.63. The average molecular weight is 340 g/mol. The third kappa shape index (κ3) is 3.19. The largest absolute Gasteiger partial charge is 0.478 e. The molecule has 24 heavy (non-hydrogen) atoms. The molecule has 0 saturated carbocycles. The molecule has 1 aromatic carbocycles. The Labute approximate surface area is 143 Å². The van der Waals surface area contributed by atoms with E-state index >= 15 is 0 Å². The Balaban J connectivity index is 1.87. The predicted molar refractivity (Wildman–Crippen MR) is 94.4 cm³/mol. The van der Waals surface area contributed by atoms with Gasteiger partial charge in [-0.1, -0.05) is 6.07 Å². The maximum atomic E-state index is 12.5. The predicted octanol–water partition coefficient (Wildman–Crippen LogP) is 3.52. The molecule has 0 saturated heterocycles. The van der Waals surface area contributed by atoms with E-state index in [-0.39, 0.29) is 17.2 Å². The topological polar surface area (TPSA) is 79.3 Å². The Bertz CT molecular complexity index is 875. The molecule has 0 radical (unpaired) electrons. The van der Waals surface area contributed by atoms with E-state index in [0.29, 0.717) is 11.3 Å². The fourth-order valence-corrected chi connectivity index (χ4v) is 3.52. The van der Waals surface area contributed by atoms with E-state index in [2.05, 4.69) is 29.4 Å². The van der Waals surface area contributed by atoms with Gasteiger partial charge in [0.1, 0.15) is 0 Å². The number of nitrogens with zero attached hydrogens (tertiary/aromatic N) is 1. The summed E-state index contributed by atoms with van der Waals surface area (Å²) in [7, 11) is 0. The lowest BCUT2D eigenvalue weighted by atomic mass is 10.0. The molecular weight excluding hydrogens is 324 g/mol. The number of carboxylic acid groups (broad SMARTS) is 1. The van der Waals surface area contributed by atoms with Crippen LogP contribution >= 0.6 is 11.8 Å². The number of aryl methyl sites for hydroxylation is 2. The molecule has 1 aliphatic heterocycles.